The Bertz CT molecular complexity index is 1350. The number of hydrogen-bond donors (Lipinski definition) is 1. The summed E-state index contributed by atoms with van der Waals surface area (Å²) in [5, 5.41) is 11.5. The van der Waals surface area contributed by atoms with Gasteiger partial charge in [0, 0.05) is 23.6 Å². The summed E-state index contributed by atoms with van der Waals surface area (Å²) in [5.74, 6) is -1.97. The van der Waals surface area contributed by atoms with Crippen molar-refractivity contribution in [1.29, 1.82) is 0 Å². The van der Waals surface area contributed by atoms with Crippen LogP contribution >= 0.6 is 11.6 Å². The van der Waals surface area contributed by atoms with Gasteiger partial charge in [-0.05, 0) is 67.4 Å². The van der Waals surface area contributed by atoms with Gasteiger partial charge in [-0.1, -0.05) is 23.7 Å². The molecule has 8 nitrogen and oxygen atoms in total. The zero-order chi connectivity index (χ0) is 26.5. The number of benzene rings is 2. The molecule has 0 saturated carbocycles. The Hall–Kier alpha value is -4.17. The number of aliphatic hydroxyl groups excluding tert-OH is 1. The number of hydrogen-bond acceptors (Lipinski definition) is 7. The first-order valence-electron chi connectivity index (χ1n) is 11.7. The number of ether oxygens (including phenoxy) is 2. The van der Waals surface area contributed by atoms with Crippen molar-refractivity contribution in [1.82, 2.24) is 4.98 Å². The summed E-state index contributed by atoms with van der Waals surface area (Å²) in [6.07, 6.45) is 3.16. The maximum absolute atomic E-state index is 13.3. The van der Waals surface area contributed by atoms with Crippen LogP contribution in [-0.2, 0) is 25.5 Å². The van der Waals surface area contributed by atoms with E-state index in [1.807, 2.05) is 6.92 Å². The van der Waals surface area contributed by atoms with E-state index in [4.69, 9.17) is 21.1 Å². The summed E-state index contributed by atoms with van der Waals surface area (Å²) in [6, 6.07) is 13.8. The lowest BCUT2D eigenvalue weighted by molar-refractivity contribution is -0.142. The molecule has 2 aromatic carbocycles. The van der Waals surface area contributed by atoms with Crippen molar-refractivity contribution in [3.63, 3.8) is 0 Å². The Labute approximate surface area is 219 Å². The highest BCUT2D eigenvalue weighted by molar-refractivity contribution is 6.52. The van der Waals surface area contributed by atoms with Crippen molar-refractivity contribution in [2.45, 2.75) is 26.3 Å². The number of aliphatic hydroxyl groups is 1. The molecule has 1 aromatic heterocycles. The third-order valence-electron chi connectivity index (χ3n) is 5.84. The van der Waals surface area contributed by atoms with E-state index < -0.39 is 23.5 Å². The van der Waals surface area contributed by atoms with Crippen LogP contribution < -0.4 is 9.64 Å². The van der Waals surface area contributed by atoms with Crippen molar-refractivity contribution < 1.29 is 29.0 Å². The summed E-state index contributed by atoms with van der Waals surface area (Å²) < 4.78 is 10.5. The molecule has 3 aromatic rings. The van der Waals surface area contributed by atoms with Gasteiger partial charge in [0.2, 0.25) is 0 Å². The van der Waals surface area contributed by atoms with E-state index in [9.17, 15) is 19.5 Å². The predicted molar refractivity (Wildman–Crippen MR) is 138 cm³/mol. The number of ketones is 1. The summed E-state index contributed by atoms with van der Waals surface area (Å²) in [4.78, 5) is 43.8. The highest BCUT2D eigenvalue weighted by atomic mass is 35.5. The van der Waals surface area contributed by atoms with Crippen LogP contribution in [0.15, 0.2) is 72.6 Å². The van der Waals surface area contributed by atoms with Crippen molar-refractivity contribution in [2.24, 2.45) is 0 Å². The molecular formula is C28H25ClN2O6. The fourth-order valence-corrected chi connectivity index (χ4v) is 4.41. The molecule has 1 saturated heterocycles. The van der Waals surface area contributed by atoms with Crippen LogP contribution in [0.1, 0.15) is 36.6 Å². The Morgan fingerprint density at radius 1 is 1.03 bits per heavy atom. The van der Waals surface area contributed by atoms with Gasteiger partial charge in [0.25, 0.3) is 11.7 Å². The molecule has 1 N–H and O–H groups in total. The molecule has 9 heteroatoms. The molecule has 190 valence electrons. The largest absolute Gasteiger partial charge is 0.507 e. The number of carbonyl (C=O) groups excluding carboxylic acids is 3. The molecule has 2 heterocycles. The van der Waals surface area contributed by atoms with Crippen molar-refractivity contribution in [3.05, 3.63) is 94.3 Å². The second-order valence-electron chi connectivity index (χ2n) is 8.17. The number of carbonyl (C=O) groups is 3. The van der Waals surface area contributed by atoms with E-state index in [1.54, 1.807) is 67.8 Å². The summed E-state index contributed by atoms with van der Waals surface area (Å²) in [7, 11) is 0. The fraction of sp³-hybridized carbons (Fsp3) is 0.214. The van der Waals surface area contributed by atoms with Gasteiger partial charge in [-0.25, -0.2) is 0 Å². The van der Waals surface area contributed by atoms with Gasteiger partial charge < -0.3 is 14.6 Å². The fourth-order valence-electron chi connectivity index (χ4n) is 4.20. The number of anilines is 1. The zero-order valence-electron chi connectivity index (χ0n) is 20.3. The number of aromatic nitrogens is 1. The average molecular weight is 521 g/mol. The van der Waals surface area contributed by atoms with Crippen molar-refractivity contribution >= 4 is 40.7 Å². The van der Waals surface area contributed by atoms with Crippen molar-refractivity contribution in [3.8, 4) is 5.75 Å². The minimum Gasteiger partial charge on any atom is -0.507 e. The summed E-state index contributed by atoms with van der Waals surface area (Å²) in [5.41, 5.74) is 1.75. The summed E-state index contributed by atoms with van der Waals surface area (Å²) in [6.45, 7) is 4.23. The zero-order valence-corrected chi connectivity index (χ0v) is 21.1. The maximum atomic E-state index is 13.3. The molecule has 4 rings (SSSR count). The molecule has 0 bridgehead atoms. The molecule has 1 aliphatic rings. The van der Waals surface area contributed by atoms with E-state index in [1.165, 1.54) is 11.0 Å². The minimum atomic E-state index is -0.939. The van der Waals surface area contributed by atoms with Crippen molar-refractivity contribution in [2.75, 3.05) is 18.1 Å². The normalized spacial score (nSPS) is 16.6. The Morgan fingerprint density at radius 2 is 1.73 bits per heavy atom. The first-order chi connectivity index (χ1) is 17.8. The molecule has 1 unspecified atom stereocenters. The van der Waals surface area contributed by atoms with E-state index >= 15 is 0 Å². The Kier molecular flexibility index (Phi) is 7.89. The molecule has 1 aliphatic heterocycles. The second kappa shape index (κ2) is 11.3. The lowest BCUT2D eigenvalue weighted by Crippen LogP contribution is -2.29. The number of halogens is 1. The first kappa shape index (κ1) is 25.9. The highest BCUT2D eigenvalue weighted by Crippen LogP contribution is 2.43. The van der Waals surface area contributed by atoms with Crippen LogP contribution in [0.3, 0.4) is 0 Å². The van der Waals surface area contributed by atoms with Crippen LogP contribution in [-0.4, -0.2) is 41.0 Å². The SMILES string of the molecule is CCOC(=O)Cc1ccc(N2C(=O)C(=O)/C(=C(/O)c3cc(OCC)ccc3Cl)C2c2ccncc2)cc1. The number of amides is 1. The van der Waals surface area contributed by atoms with Crippen LogP contribution in [0.2, 0.25) is 5.02 Å². The molecule has 0 spiro atoms. The topological polar surface area (TPSA) is 106 Å². The molecule has 0 aliphatic carbocycles. The average Bonchev–Trinajstić information content (AvgIpc) is 3.16. The minimum absolute atomic E-state index is 0.0788. The molecule has 1 atom stereocenters. The highest BCUT2D eigenvalue weighted by Gasteiger charge is 2.47. The molecule has 0 radical (unpaired) electrons. The van der Waals surface area contributed by atoms with E-state index in [0.717, 1.165) is 0 Å². The van der Waals surface area contributed by atoms with E-state index in [-0.39, 0.29) is 35.2 Å². The quantitative estimate of drug-likeness (QED) is 0.195. The number of esters is 1. The second-order valence-corrected chi connectivity index (χ2v) is 8.58. The van der Waals surface area contributed by atoms with Crippen LogP contribution in [0.5, 0.6) is 5.75 Å². The molecule has 1 amide bonds. The smallest absolute Gasteiger partial charge is 0.310 e. The lowest BCUT2D eigenvalue weighted by Gasteiger charge is -2.25. The molecule has 1 fully saturated rings. The van der Waals surface area contributed by atoms with Gasteiger partial charge >= 0.3 is 5.97 Å². The van der Waals surface area contributed by atoms with E-state index in [0.29, 0.717) is 29.2 Å². The standard InChI is InChI=1S/C28H25ClN2O6/c1-3-36-20-9-10-22(29)21(16-20)26(33)24-25(18-11-13-30-14-12-18)31(28(35)27(24)34)19-7-5-17(6-8-19)15-23(32)37-4-2/h5-14,16,25,33H,3-4,15H2,1-2H3/b26-24+. The van der Waals surface area contributed by atoms with Crippen LogP contribution in [0, 0.1) is 0 Å². The number of pyridine rings is 1. The van der Waals surface area contributed by atoms with Gasteiger partial charge in [0.1, 0.15) is 11.5 Å². The number of nitrogens with zero attached hydrogens (tertiary/aromatic N) is 2. The van der Waals surface area contributed by atoms with E-state index in [2.05, 4.69) is 4.98 Å². The molecular weight excluding hydrogens is 496 g/mol. The predicted octanol–water partition coefficient (Wildman–Crippen LogP) is 4.87. The van der Waals surface area contributed by atoms with Gasteiger partial charge in [-0.3, -0.25) is 24.3 Å². The summed E-state index contributed by atoms with van der Waals surface area (Å²) >= 11 is 6.37. The Balaban J connectivity index is 1.82. The third kappa shape index (κ3) is 5.34. The Morgan fingerprint density at radius 3 is 2.38 bits per heavy atom. The first-order valence-corrected chi connectivity index (χ1v) is 12.1. The molecule has 37 heavy (non-hydrogen) atoms. The number of Topliss-reactive ketones (excluding diaryl/α,β-unsaturated/α-hetero) is 1. The van der Waals surface area contributed by atoms with Crippen LogP contribution in [0.4, 0.5) is 5.69 Å². The van der Waals surface area contributed by atoms with Crippen LogP contribution in [0.25, 0.3) is 5.76 Å². The van der Waals surface area contributed by atoms with Gasteiger partial charge in [-0.2, -0.15) is 0 Å². The monoisotopic (exact) mass is 520 g/mol. The third-order valence-corrected chi connectivity index (χ3v) is 6.17. The lowest BCUT2D eigenvalue weighted by atomic mass is 9.95. The van der Waals surface area contributed by atoms with Gasteiger partial charge in [0.05, 0.1) is 36.3 Å². The van der Waals surface area contributed by atoms with Gasteiger partial charge in [0.15, 0.2) is 0 Å². The number of rotatable bonds is 8. The van der Waals surface area contributed by atoms with Gasteiger partial charge in [-0.15, -0.1) is 0 Å². The maximum Gasteiger partial charge on any atom is 0.310 e.